The summed E-state index contributed by atoms with van der Waals surface area (Å²) in [7, 11) is 0. The molecule has 0 aliphatic heterocycles. The Morgan fingerprint density at radius 1 is 1.19 bits per heavy atom. The molecule has 0 saturated carbocycles. The van der Waals surface area contributed by atoms with Crippen molar-refractivity contribution in [3.63, 3.8) is 0 Å². The largest absolute Gasteiger partial charge is 0.484 e. The zero-order valence-electron chi connectivity index (χ0n) is 15.5. The number of nitrogens with one attached hydrogen (secondary N) is 1. The number of amides is 1. The van der Waals surface area contributed by atoms with Crippen molar-refractivity contribution in [2.75, 3.05) is 11.9 Å². The summed E-state index contributed by atoms with van der Waals surface area (Å²) in [4.78, 5) is 16.6. The third kappa shape index (κ3) is 4.87. The molecule has 0 radical (unpaired) electrons. The average Bonchev–Trinajstić information content (AvgIpc) is 3.12. The van der Waals surface area contributed by atoms with Crippen LogP contribution < -0.4 is 10.1 Å². The maximum atomic E-state index is 12.2. The Bertz CT molecular complexity index is 928. The van der Waals surface area contributed by atoms with Crippen molar-refractivity contribution in [2.45, 2.75) is 27.2 Å². The van der Waals surface area contributed by atoms with Crippen molar-refractivity contribution < 1.29 is 9.53 Å². The first-order valence-corrected chi connectivity index (χ1v) is 9.96. The molecule has 0 unspecified atom stereocenters. The summed E-state index contributed by atoms with van der Waals surface area (Å²) in [5.74, 6) is 0.378. The normalized spacial score (nSPS) is 10.7. The maximum absolute atomic E-state index is 12.2. The second-order valence-electron chi connectivity index (χ2n) is 6.30. The molecule has 3 rings (SSSR count). The highest BCUT2D eigenvalue weighted by molar-refractivity contribution is 7.14. The van der Waals surface area contributed by atoms with E-state index in [0.717, 1.165) is 28.8 Å². The molecule has 6 heteroatoms. The van der Waals surface area contributed by atoms with Crippen LogP contribution in [0.15, 0.2) is 41.8 Å². The van der Waals surface area contributed by atoms with Crippen LogP contribution in [-0.4, -0.2) is 17.5 Å². The van der Waals surface area contributed by atoms with E-state index in [1.54, 1.807) is 0 Å². The lowest BCUT2D eigenvalue weighted by Crippen LogP contribution is -2.20. The van der Waals surface area contributed by atoms with Crippen LogP contribution in [0.1, 0.15) is 23.6 Å². The van der Waals surface area contributed by atoms with E-state index in [1.165, 1.54) is 16.9 Å². The van der Waals surface area contributed by atoms with Crippen LogP contribution >= 0.6 is 22.9 Å². The van der Waals surface area contributed by atoms with Gasteiger partial charge in [-0.05, 0) is 49.1 Å². The molecule has 1 heterocycles. The van der Waals surface area contributed by atoms with E-state index in [1.807, 2.05) is 43.5 Å². The number of aromatic nitrogens is 1. The molecule has 0 saturated heterocycles. The molecule has 1 aromatic heterocycles. The number of hydrogen-bond acceptors (Lipinski definition) is 4. The number of carbonyl (C=O) groups excluding carboxylic acids is 1. The van der Waals surface area contributed by atoms with Crippen molar-refractivity contribution in [1.82, 2.24) is 4.98 Å². The Balaban J connectivity index is 1.59. The van der Waals surface area contributed by atoms with Gasteiger partial charge in [-0.3, -0.25) is 10.1 Å². The molecule has 1 N–H and O–H groups in total. The van der Waals surface area contributed by atoms with Gasteiger partial charge < -0.3 is 4.74 Å². The van der Waals surface area contributed by atoms with Crippen LogP contribution in [-0.2, 0) is 11.2 Å². The molecule has 140 valence electrons. The number of carbonyl (C=O) groups is 1. The molecule has 4 nitrogen and oxygen atoms in total. The van der Waals surface area contributed by atoms with Gasteiger partial charge in [0, 0.05) is 16.0 Å². The van der Waals surface area contributed by atoms with Crippen LogP contribution in [0.2, 0.25) is 5.02 Å². The number of rotatable bonds is 6. The topological polar surface area (TPSA) is 51.2 Å². The number of nitrogens with zero attached hydrogens (tertiary/aromatic N) is 1. The third-order valence-electron chi connectivity index (χ3n) is 4.19. The van der Waals surface area contributed by atoms with Crippen molar-refractivity contribution in [3.05, 3.63) is 63.5 Å². The van der Waals surface area contributed by atoms with Crippen molar-refractivity contribution >= 4 is 34.0 Å². The SMILES string of the molecule is CCc1ccc(-c2csc(NC(=O)COc3cc(C)c(Cl)c(C)c3)n2)cc1. The second-order valence-corrected chi connectivity index (χ2v) is 7.53. The zero-order chi connectivity index (χ0) is 19.4. The quantitative estimate of drug-likeness (QED) is 0.580. The summed E-state index contributed by atoms with van der Waals surface area (Å²) in [6.07, 6.45) is 1.01. The average molecular weight is 401 g/mol. The number of anilines is 1. The highest BCUT2D eigenvalue weighted by Crippen LogP contribution is 2.27. The van der Waals surface area contributed by atoms with E-state index >= 15 is 0 Å². The highest BCUT2D eigenvalue weighted by atomic mass is 35.5. The van der Waals surface area contributed by atoms with Gasteiger partial charge in [0.15, 0.2) is 11.7 Å². The van der Waals surface area contributed by atoms with Gasteiger partial charge in [-0.15, -0.1) is 11.3 Å². The highest BCUT2D eigenvalue weighted by Gasteiger charge is 2.10. The Hall–Kier alpha value is -2.37. The lowest BCUT2D eigenvalue weighted by molar-refractivity contribution is -0.118. The fourth-order valence-electron chi connectivity index (χ4n) is 2.67. The first-order chi connectivity index (χ1) is 13.0. The van der Waals surface area contributed by atoms with E-state index < -0.39 is 0 Å². The van der Waals surface area contributed by atoms with E-state index in [-0.39, 0.29) is 12.5 Å². The molecule has 0 aliphatic carbocycles. The third-order valence-corrected chi connectivity index (χ3v) is 5.54. The van der Waals surface area contributed by atoms with Crippen molar-refractivity contribution in [3.8, 4) is 17.0 Å². The first-order valence-electron chi connectivity index (χ1n) is 8.70. The summed E-state index contributed by atoms with van der Waals surface area (Å²) in [6.45, 7) is 5.86. The van der Waals surface area contributed by atoms with Crippen LogP contribution in [0, 0.1) is 13.8 Å². The van der Waals surface area contributed by atoms with Gasteiger partial charge in [0.25, 0.3) is 5.91 Å². The van der Waals surface area contributed by atoms with E-state index in [4.69, 9.17) is 16.3 Å². The minimum absolute atomic E-state index is 0.0827. The van der Waals surface area contributed by atoms with Crippen LogP contribution in [0.3, 0.4) is 0 Å². The number of aryl methyl sites for hydroxylation is 3. The predicted octanol–water partition coefficient (Wildman–Crippen LogP) is 5.66. The van der Waals surface area contributed by atoms with Gasteiger partial charge in [0.2, 0.25) is 0 Å². The van der Waals surface area contributed by atoms with Gasteiger partial charge in [-0.2, -0.15) is 0 Å². The summed E-state index contributed by atoms with van der Waals surface area (Å²) < 4.78 is 5.58. The van der Waals surface area contributed by atoms with Crippen LogP contribution in [0.25, 0.3) is 11.3 Å². The second kappa shape index (κ2) is 8.55. The number of halogens is 1. The summed E-state index contributed by atoms with van der Waals surface area (Å²) in [5, 5.41) is 5.99. The summed E-state index contributed by atoms with van der Waals surface area (Å²) in [5.41, 5.74) is 5.01. The number of thiazole rings is 1. The van der Waals surface area contributed by atoms with Crippen LogP contribution in [0.5, 0.6) is 5.75 Å². The molecule has 1 amide bonds. The molecular weight excluding hydrogens is 380 g/mol. The van der Waals surface area contributed by atoms with E-state index in [2.05, 4.69) is 29.4 Å². The maximum Gasteiger partial charge on any atom is 0.264 e. The van der Waals surface area contributed by atoms with Gasteiger partial charge in [0.05, 0.1) is 5.69 Å². The molecule has 0 aliphatic rings. The monoisotopic (exact) mass is 400 g/mol. The Morgan fingerprint density at radius 2 is 1.85 bits per heavy atom. The Labute approximate surface area is 168 Å². The standard InChI is InChI=1S/C21H21ClN2O2S/c1-4-15-5-7-16(8-6-15)18-12-27-21(23-18)24-19(25)11-26-17-9-13(2)20(22)14(3)10-17/h5-10,12H,4,11H2,1-3H3,(H,23,24,25). The molecule has 0 spiro atoms. The van der Waals surface area contributed by atoms with Crippen molar-refractivity contribution in [1.29, 1.82) is 0 Å². The van der Waals surface area contributed by atoms with E-state index in [0.29, 0.717) is 15.9 Å². The lowest BCUT2D eigenvalue weighted by atomic mass is 10.1. The smallest absolute Gasteiger partial charge is 0.264 e. The fraction of sp³-hybridized carbons (Fsp3) is 0.238. The van der Waals surface area contributed by atoms with Gasteiger partial charge in [0.1, 0.15) is 5.75 Å². The molecule has 2 aromatic carbocycles. The Kier molecular flexibility index (Phi) is 6.14. The molecule has 0 atom stereocenters. The molecular formula is C21H21ClN2O2S. The number of benzene rings is 2. The number of ether oxygens (including phenoxy) is 1. The molecule has 27 heavy (non-hydrogen) atoms. The minimum atomic E-state index is -0.248. The summed E-state index contributed by atoms with van der Waals surface area (Å²) in [6, 6.07) is 11.9. The predicted molar refractivity (Wildman–Crippen MR) is 112 cm³/mol. The molecule has 0 bridgehead atoms. The zero-order valence-corrected chi connectivity index (χ0v) is 17.1. The van der Waals surface area contributed by atoms with E-state index in [9.17, 15) is 4.79 Å². The van der Waals surface area contributed by atoms with Gasteiger partial charge >= 0.3 is 0 Å². The van der Waals surface area contributed by atoms with Gasteiger partial charge in [-0.25, -0.2) is 4.98 Å². The van der Waals surface area contributed by atoms with Crippen LogP contribution in [0.4, 0.5) is 5.13 Å². The fourth-order valence-corrected chi connectivity index (χ4v) is 3.51. The number of hydrogen-bond donors (Lipinski definition) is 1. The lowest BCUT2D eigenvalue weighted by Gasteiger charge is -2.09. The molecule has 3 aromatic rings. The van der Waals surface area contributed by atoms with Gasteiger partial charge in [-0.1, -0.05) is 42.8 Å². The Morgan fingerprint density at radius 3 is 2.48 bits per heavy atom. The minimum Gasteiger partial charge on any atom is -0.484 e. The van der Waals surface area contributed by atoms with Crippen molar-refractivity contribution in [2.24, 2.45) is 0 Å². The summed E-state index contributed by atoms with van der Waals surface area (Å²) >= 11 is 7.54. The molecule has 0 fully saturated rings. The first kappa shape index (κ1) is 19.4.